The van der Waals surface area contributed by atoms with E-state index in [0.717, 1.165) is 0 Å². The van der Waals surface area contributed by atoms with Crippen molar-refractivity contribution in [2.24, 2.45) is 0 Å². The molecule has 0 aromatic heterocycles. The van der Waals surface area contributed by atoms with E-state index in [-0.39, 0.29) is 0 Å². The average molecular weight is 180 g/mol. The van der Waals surface area contributed by atoms with Crippen LogP contribution in [0.4, 0.5) is 4.39 Å². The summed E-state index contributed by atoms with van der Waals surface area (Å²) in [6.45, 7) is 0. The summed E-state index contributed by atoms with van der Waals surface area (Å²) in [4.78, 5) is 0. The second kappa shape index (κ2) is 2.94. The molecule has 0 bridgehead atoms. The quantitative estimate of drug-likeness (QED) is 0.593. The van der Waals surface area contributed by atoms with Gasteiger partial charge in [0.15, 0.2) is 0 Å². The second-order valence-corrected chi connectivity index (χ2v) is 3.05. The first-order valence-corrected chi connectivity index (χ1v) is 4.02. The molecule has 0 aliphatic heterocycles. The number of benzene rings is 1. The van der Waals surface area contributed by atoms with Gasteiger partial charge in [0.1, 0.15) is 5.82 Å². The van der Waals surface area contributed by atoms with Gasteiger partial charge in [-0.1, -0.05) is 18.2 Å². The minimum Gasteiger partial charge on any atom is -0.384 e. The number of hydrogen-bond acceptors (Lipinski definition) is 2. The molecule has 2 rings (SSSR count). The van der Waals surface area contributed by atoms with Crippen molar-refractivity contribution in [2.75, 3.05) is 0 Å². The third-order valence-electron chi connectivity index (χ3n) is 2.16. The Morgan fingerprint density at radius 2 is 1.62 bits per heavy atom. The van der Waals surface area contributed by atoms with Crippen LogP contribution in [0.25, 0.3) is 0 Å². The highest BCUT2D eigenvalue weighted by atomic mass is 19.1. The number of aliphatic hydroxyl groups excluding tert-OH is 2. The summed E-state index contributed by atoms with van der Waals surface area (Å²) in [7, 11) is 0. The van der Waals surface area contributed by atoms with E-state index in [4.69, 9.17) is 0 Å². The fraction of sp³-hybridized carbons (Fsp3) is 0.200. The Balaban J connectivity index is 2.56. The topological polar surface area (TPSA) is 40.5 Å². The minimum atomic E-state index is -0.811. The number of fused-ring (bicyclic) bond motifs is 1. The molecule has 13 heavy (non-hydrogen) atoms. The standard InChI is InChI=1S/C10H9FO2/c11-6-1-2-7-8(5-6)10(13)4-3-9(7)12/h1-5,9-10,12-13H. The van der Waals surface area contributed by atoms with Crippen LogP contribution >= 0.6 is 0 Å². The normalized spacial score (nSPS) is 25.8. The van der Waals surface area contributed by atoms with E-state index in [9.17, 15) is 14.6 Å². The molecular weight excluding hydrogens is 171 g/mol. The molecule has 0 fully saturated rings. The monoisotopic (exact) mass is 180 g/mol. The maximum atomic E-state index is 12.8. The van der Waals surface area contributed by atoms with Crippen molar-refractivity contribution in [1.82, 2.24) is 0 Å². The highest BCUT2D eigenvalue weighted by molar-refractivity contribution is 5.38. The van der Waals surface area contributed by atoms with Crippen LogP contribution < -0.4 is 0 Å². The van der Waals surface area contributed by atoms with Gasteiger partial charge in [-0.2, -0.15) is 0 Å². The van der Waals surface area contributed by atoms with Crippen molar-refractivity contribution in [3.05, 3.63) is 47.3 Å². The van der Waals surface area contributed by atoms with E-state index in [1.54, 1.807) is 0 Å². The van der Waals surface area contributed by atoms with Crippen molar-refractivity contribution in [3.63, 3.8) is 0 Å². The first-order chi connectivity index (χ1) is 6.18. The van der Waals surface area contributed by atoms with Gasteiger partial charge in [0, 0.05) is 0 Å². The highest BCUT2D eigenvalue weighted by Crippen LogP contribution is 2.31. The van der Waals surface area contributed by atoms with Crippen molar-refractivity contribution >= 4 is 0 Å². The van der Waals surface area contributed by atoms with E-state index in [1.807, 2.05) is 0 Å². The predicted octanol–water partition coefficient (Wildman–Crippen LogP) is 1.46. The van der Waals surface area contributed by atoms with Gasteiger partial charge < -0.3 is 10.2 Å². The molecule has 2 N–H and O–H groups in total. The Morgan fingerprint density at radius 3 is 2.31 bits per heavy atom. The summed E-state index contributed by atoms with van der Waals surface area (Å²) >= 11 is 0. The Labute approximate surface area is 74.9 Å². The summed E-state index contributed by atoms with van der Waals surface area (Å²) in [5.74, 6) is -0.403. The van der Waals surface area contributed by atoms with Crippen LogP contribution in [0.2, 0.25) is 0 Å². The predicted molar refractivity (Wildman–Crippen MR) is 45.5 cm³/mol. The van der Waals surface area contributed by atoms with Crippen LogP contribution in [-0.2, 0) is 0 Å². The molecule has 0 saturated heterocycles. The van der Waals surface area contributed by atoms with E-state index >= 15 is 0 Å². The maximum Gasteiger partial charge on any atom is 0.123 e. The maximum absolute atomic E-state index is 12.8. The Bertz CT molecular complexity index is 360. The molecule has 3 heteroatoms. The molecule has 1 aliphatic carbocycles. The lowest BCUT2D eigenvalue weighted by molar-refractivity contribution is 0.188. The lowest BCUT2D eigenvalue weighted by Crippen LogP contribution is -2.09. The fourth-order valence-corrected chi connectivity index (χ4v) is 1.49. The Morgan fingerprint density at radius 1 is 1.00 bits per heavy atom. The summed E-state index contributed by atoms with van der Waals surface area (Å²) in [5.41, 5.74) is 1.01. The number of hydrogen-bond donors (Lipinski definition) is 2. The minimum absolute atomic E-state index is 0.403. The molecule has 0 saturated carbocycles. The summed E-state index contributed by atoms with van der Waals surface area (Å²) in [5, 5.41) is 18.9. The van der Waals surface area contributed by atoms with Gasteiger partial charge in [0.25, 0.3) is 0 Å². The molecule has 0 heterocycles. The van der Waals surface area contributed by atoms with Crippen LogP contribution in [0.3, 0.4) is 0 Å². The van der Waals surface area contributed by atoms with E-state index < -0.39 is 18.0 Å². The first-order valence-electron chi connectivity index (χ1n) is 4.02. The van der Waals surface area contributed by atoms with Crippen molar-refractivity contribution in [2.45, 2.75) is 12.2 Å². The van der Waals surface area contributed by atoms with Gasteiger partial charge in [-0.3, -0.25) is 0 Å². The van der Waals surface area contributed by atoms with Crippen LogP contribution in [0.1, 0.15) is 23.3 Å². The SMILES string of the molecule is OC1C=CC(O)c2cc(F)ccc21. The number of rotatable bonds is 0. The molecule has 68 valence electrons. The smallest absolute Gasteiger partial charge is 0.123 e. The van der Waals surface area contributed by atoms with Gasteiger partial charge in [-0.05, 0) is 23.3 Å². The van der Waals surface area contributed by atoms with E-state index in [1.165, 1.54) is 30.4 Å². The molecule has 1 aliphatic rings. The summed E-state index contributed by atoms with van der Waals surface area (Å²) in [6.07, 6.45) is 1.39. The number of aliphatic hydroxyl groups is 2. The lowest BCUT2D eigenvalue weighted by Gasteiger charge is -2.20. The third kappa shape index (κ3) is 1.36. The van der Waals surface area contributed by atoms with Crippen molar-refractivity contribution in [1.29, 1.82) is 0 Å². The van der Waals surface area contributed by atoms with Gasteiger partial charge >= 0.3 is 0 Å². The van der Waals surface area contributed by atoms with Crippen LogP contribution in [0.15, 0.2) is 30.4 Å². The number of halogens is 1. The van der Waals surface area contributed by atoms with Crippen molar-refractivity contribution in [3.8, 4) is 0 Å². The molecule has 0 radical (unpaired) electrons. The average Bonchev–Trinajstić information content (AvgIpc) is 2.12. The van der Waals surface area contributed by atoms with Gasteiger partial charge in [-0.25, -0.2) is 4.39 Å². The largest absolute Gasteiger partial charge is 0.384 e. The first kappa shape index (κ1) is 8.41. The van der Waals surface area contributed by atoms with Crippen molar-refractivity contribution < 1.29 is 14.6 Å². The van der Waals surface area contributed by atoms with Crippen LogP contribution in [-0.4, -0.2) is 10.2 Å². The fourth-order valence-electron chi connectivity index (χ4n) is 1.49. The lowest BCUT2D eigenvalue weighted by atomic mass is 9.93. The van der Waals surface area contributed by atoms with Crippen LogP contribution in [0, 0.1) is 5.82 Å². The Hall–Kier alpha value is -1.19. The molecule has 1 aromatic rings. The molecule has 2 atom stereocenters. The summed E-state index contributed by atoms with van der Waals surface area (Å²) in [6, 6.07) is 4.00. The summed E-state index contributed by atoms with van der Waals surface area (Å²) < 4.78 is 12.8. The zero-order valence-corrected chi connectivity index (χ0v) is 6.81. The molecule has 0 spiro atoms. The molecule has 1 aromatic carbocycles. The van der Waals surface area contributed by atoms with Gasteiger partial charge in [0.2, 0.25) is 0 Å². The third-order valence-corrected chi connectivity index (χ3v) is 2.16. The zero-order valence-electron chi connectivity index (χ0n) is 6.81. The van der Waals surface area contributed by atoms with Crippen LogP contribution in [0.5, 0.6) is 0 Å². The Kier molecular flexibility index (Phi) is 1.90. The van der Waals surface area contributed by atoms with E-state index in [0.29, 0.717) is 11.1 Å². The van der Waals surface area contributed by atoms with Gasteiger partial charge in [0.05, 0.1) is 12.2 Å². The van der Waals surface area contributed by atoms with Gasteiger partial charge in [-0.15, -0.1) is 0 Å². The second-order valence-electron chi connectivity index (χ2n) is 3.05. The zero-order chi connectivity index (χ0) is 9.42. The molecule has 2 unspecified atom stereocenters. The molecule has 0 amide bonds. The molecule has 2 nitrogen and oxygen atoms in total. The molecular formula is C10H9FO2. The highest BCUT2D eigenvalue weighted by Gasteiger charge is 2.19. The van der Waals surface area contributed by atoms with E-state index in [2.05, 4.69) is 0 Å².